The van der Waals surface area contributed by atoms with Gasteiger partial charge in [-0.25, -0.2) is 8.42 Å². The molecule has 2 aromatic carbocycles. The van der Waals surface area contributed by atoms with Crippen molar-refractivity contribution in [3.63, 3.8) is 0 Å². The van der Waals surface area contributed by atoms with Gasteiger partial charge in [0.25, 0.3) is 5.91 Å². The number of carbonyl (C=O) groups is 1. The van der Waals surface area contributed by atoms with E-state index in [2.05, 4.69) is 5.32 Å². The van der Waals surface area contributed by atoms with Crippen molar-refractivity contribution in [2.24, 2.45) is 0 Å². The molecule has 2 rings (SSSR count). The van der Waals surface area contributed by atoms with Gasteiger partial charge < -0.3 is 5.32 Å². The molecule has 0 aliphatic carbocycles. The van der Waals surface area contributed by atoms with E-state index in [9.17, 15) is 13.2 Å². The Morgan fingerprint density at radius 1 is 1.13 bits per heavy atom. The predicted octanol–water partition coefficient (Wildman–Crippen LogP) is 3.06. The largest absolute Gasteiger partial charge is 0.322 e. The molecule has 0 spiro atoms. The van der Waals surface area contributed by atoms with Gasteiger partial charge in [0.05, 0.1) is 11.9 Å². The number of nitrogens with zero attached hydrogens (tertiary/aromatic N) is 1. The van der Waals surface area contributed by atoms with Gasteiger partial charge >= 0.3 is 0 Å². The summed E-state index contributed by atoms with van der Waals surface area (Å²) >= 11 is 1.59. The highest BCUT2D eigenvalue weighted by molar-refractivity contribution is 7.98. The minimum absolute atomic E-state index is 0.285. The normalized spacial score (nSPS) is 11.1. The first-order valence-electron chi connectivity index (χ1n) is 6.80. The van der Waals surface area contributed by atoms with Crippen molar-refractivity contribution in [1.82, 2.24) is 0 Å². The second-order valence-electron chi connectivity index (χ2n) is 4.97. The topological polar surface area (TPSA) is 66.5 Å². The van der Waals surface area contributed by atoms with Crippen LogP contribution in [-0.4, -0.2) is 33.9 Å². The van der Waals surface area contributed by atoms with Crippen LogP contribution in [0, 0.1) is 0 Å². The predicted molar refractivity (Wildman–Crippen MR) is 95.9 cm³/mol. The molecule has 0 aliphatic rings. The molecule has 0 saturated heterocycles. The average Bonchev–Trinajstić information content (AvgIpc) is 2.53. The molecular weight excluding hydrogens is 332 g/mol. The fourth-order valence-electron chi connectivity index (χ4n) is 1.94. The molecule has 1 amide bonds. The standard InChI is InChI=1S/C16H18N2O3S2/c1-18(23(3,20)21)14-8-4-6-12(10-14)16(19)17-13-7-5-9-15(11-13)22-2/h4-11H,1-3H3,(H,17,19). The van der Waals surface area contributed by atoms with Crippen LogP contribution in [0.2, 0.25) is 0 Å². The Kier molecular flexibility index (Phi) is 5.33. The monoisotopic (exact) mass is 350 g/mol. The molecule has 1 N–H and O–H groups in total. The van der Waals surface area contributed by atoms with E-state index in [1.54, 1.807) is 36.0 Å². The Balaban J connectivity index is 2.23. The second-order valence-corrected chi connectivity index (χ2v) is 7.86. The molecule has 0 heterocycles. The Bertz CT molecular complexity index is 820. The molecule has 122 valence electrons. The smallest absolute Gasteiger partial charge is 0.255 e. The van der Waals surface area contributed by atoms with Crippen LogP contribution in [0.15, 0.2) is 53.4 Å². The summed E-state index contributed by atoms with van der Waals surface area (Å²) in [4.78, 5) is 13.4. The highest BCUT2D eigenvalue weighted by Gasteiger charge is 2.14. The molecule has 0 aromatic heterocycles. The maximum absolute atomic E-state index is 12.4. The SMILES string of the molecule is CSc1cccc(NC(=O)c2cccc(N(C)S(C)(=O)=O)c2)c1. The summed E-state index contributed by atoms with van der Waals surface area (Å²) < 4.78 is 24.3. The van der Waals surface area contributed by atoms with E-state index in [4.69, 9.17) is 0 Å². The van der Waals surface area contributed by atoms with Crippen LogP contribution in [0.25, 0.3) is 0 Å². The third kappa shape index (κ3) is 4.49. The number of benzene rings is 2. The number of thioether (sulfide) groups is 1. The molecule has 0 aliphatic heterocycles. The summed E-state index contributed by atoms with van der Waals surface area (Å²) in [6.45, 7) is 0. The van der Waals surface area contributed by atoms with Gasteiger partial charge in [-0.15, -0.1) is 11.8 Å². The molecule has 0 fully saturated rings. The molecule has 0 saturated carbocycles. The van der Waals surface area contributed by atoms with Crippen LogP contribution in [0.5, 0.6) is 0 Å². The van der Waals surface area contributed by atoms with Crippen LogP contribution in [0.3, 0.4) is 0 Å². The van der Waals surface area contributed by atoms with Crippen molar-refractivity contribution in [2.75, 3.05) is 29.2 Å². The highest BCUT2D eigenvalue weighted by Crippen LogP contribution is 2.21. The first-order chi connectivity index (χ1) is 10.8. The second kappa shape index (κ2) is 7.06. The van der Waals surface area contributed by atoms with Crippen molar-refractivity contribution in [3.05, 3.63) is 54.1 Å². The zero-order valence-corrected chi connectivity index (χ0v) is 14.7. The number of carbonyl (C=O) groups excluding carboxylic acids is 1. The number of hydrogen-bond acceptors (Lipinski definition) is 4. The number of rotatable bonds is 5. The first kappa shape index (κ1) is 17.4. The van der Waals surface area contributed by atoms with Crippen LogP contribution in [-0.2, 0) is 10.0 Å². The van der Waals surface area contributed by atoms with Crippen molar-refractivity contribution in [2.45, 2.75) is 4.90 Å². The Hall–Kier alpha value is -1.99. The van der Waals surface area contributed by atoms with E-state index in [0.717, 1.165) is 15.5 Å². The summed E-state index contributed by atoms with van der Waals surface area (Å²) in [5.74, 6) is -0.285. The summed E-state index contributed by atoms with van der Waals surface area (Å²) in [5, 5.41) is 2.82. The van der Waals surface area contributed by atoms with Crippen molar-refractivity contribution >= 4 is 39.1 Å². The maximum Gasteiger partial charge on any atom is 0.255 e. The Morgan fingerprint density at radius 2 is 1.83 bits per heavy atom. The number of anilines is 2. The molecular formula is C16H18N2O3S2. The number of hydrogen-bond donors (Lipinski definition) is 1. The minimum atomic E-state index is -3.37. The fourth-order valence-corrected chi connectivity index (χ4v) is 2.89. The summed E-state index contributed by atoms with van der Waals surface area (Å²) in [6.07, 6.45) is 3.08. The number of sulfonamides is 1. The number of nitrogens with one attached hydrogen (secondary N) is 1. The lowest BCUT2D eigenvalue weighted by Gasteiger charge is -2.17. The molecule has 5 nitrogen and oxygen atoms in total. The highest BCUT2D eigenvalue weighted by atomic mass is 32.2. The summed E-state index contributed by atoms with van der Waals surface area (Å²) in [7, 11) is -1.91. The van der Waals surface area contributed by atoms with Crippen molar-refractivity contribution in [3.8, 4) is 0 Å². The van der Waals surface area contributed by atoms with E-state index in [1.807, 2.05) is 30.5 Å². The minimum Gasteiger partial charge on any atom is -0.322 e. The van der Waals surface area contributed by atoms with Gasteiger partial charge in [0.2, 0.25) is 10.0 Å². The lowest BCUT2D eigenvalue weighted by molar-refractivity contribution is 0.102. The third-order valence-electron chi connectivity index (χ3n) is 3.30. The van der Waals surface area contributed by atoms with E-state index in [1.165, 1.54) is 7.05 Å². The van der Waals surface area contributed by atoms with Gasteiger partial charge in [-0.1, -0.05) is 12.1 Å². The van der Waals surface area contributed by atoms with Gasteiger partial charge in [0, 0.05) is 23.2 Å². The molecule has 0 atom stereocenters. The fraction of sp³-hybridized carbons (Fsp3) is 0.188. The van der Waals surface area contributed by atoms with Crippen LogP contribution < -0.4 is 9.62 Å². The zero-order chi connectivity index (χ0) is 17.0. The third-order valence-corrected chi connectivity index (χ3v) is 5.23. The number of amides is 1. The van der Waals surface area contributed by atoms with E-state index in [-0.39, 0.29) is 5.91 Å². The van der Waals surface area contributed by atoms with Gasteiger partial charge in [0.15, 0.2) is 0 Å². The van der Waals surface area contributed by atoms with Crippen molar-refractivity contribution in [1.29, 1.82) is 0 Å². The van der Waals surface area contributed by atoms with E-state index >= 15 is 0 Å². The molecule has 0 radical (unpaired) electrons. The lowest BCUT2D eigenvalue weighted by Crippen LogP contribution is -2.25. The van der Waals surface area contributed by atoms with Crippen LogP contribution in [0.1, 0.15) is 10.4 Å². The van der Waals surface area contributed by atoms with E-state index in [0.29, 0.717) is 16.9 Å². The Labute approximate surface area is 140 Å². The molecule has 7 heteroatoms. The molecule has 23 heavy (non-hydrogen) atoms. The van der Waals surface area contributed by atoms with Gasteiger partial charge in [-0.3, -0.25) is 9.10 Å². The van der Waals surface area contributed by atoms with Gasteiger partial charge in [-0.2, -0.15) is 0 Å². The molecule has 0 unspecified atom stereocenters. The summed E-state index contributed by atoms with van der Waals surface area (Å²) in [5.41, 5.74) is 1.54. The molecule has 2 aromatic rings. The summed E-state index contributed by atoms with van der Waals surface area (Å²) in [6, 6.07) is 14.0. The van der Waals surface area contributed by atoms with Crippen molar-refractivity contribution < 1.29 is 13.2 Å². The molecule has 0 bridgehead atoms. The maximum atomic E-state index is 12.4. The van der Waals surface area contributed by atoms with Gasteiger partial charge in [-0.05, 0) is 42.7 Å². The lowest BCUT2D eigenvalue weighted by atomic mass is 10.2. The quantitative estimate of drug-likeness (QED) is 0.842. The van der Waals surface area contributed by atoms with Gasteiger partial charge in [0.1, 0.15) is 0 Å². The van der Waals surface area contributed by atoms with Crippen LogP contribution >= 0.6 is 11.8 Å². The van der Waals surface area contributed by atoms with E-state index < -0.39 is 10.0 Å². The average molecular weight is 350 g/mol. The zero-order valence-electron chi connectivity index (χ0n) is 13.1. The first-order valence-corrected chi connectivity index (χ1v) is 9.88. The Morgan fingerprint density at radius 3 is 2.48 bits per heavy atom. The van der Waals surface area contributed by atoms with Crippen LogP contribution in [0.4, 0.5) is 11.4 Å².